The van der Waals surface area contributed by atoms with Crippen LogP contribution in [0.4, 0.5) is 11.4 Å². The van der Waals surface area contributed by atoms with E-state index in [0.29, 0.717) is 23.9 Å². The molecule has 1 heterocycles. The van der Waals surface area contributed by atoms with Crippen LogP contribution < -0.4 is 10.1 Å². The number of aromatic nitrogens is 1. The van der Waals surface area contributed by atoms with Crippen molar-refractivity contribution < 1.29 is 14.5 Å². The van der Waals surface area contributed by atoms with E-state index in [2.05, 4.69) is 10.3 Å². The molecular formula is C20H23N3O4. The van der Waals surface area contributed by atoms with Gasteiger partial charge in [-0.2, -0.15) is 0 Å². The lowest BCUT2D eigenvalue weighted by Crippen LogP contribution is -2.38. The summed E-state index contributed by atoms with van der Waals surface area (Å²) in [6.45, 7) is 4.24. The number of carbonyl (C=O) groups is 1. The summed E-state index contributed by atoms with van der Waals surface area (Å²) in [5, 5.41) is 13.9. The predicted molar refractivity (Wildman–Crippen MR) is 102 cm³/mol. The van der Waals surface area contributed by atoms with E-state index in [9.17, 15) is 14.9 Å². The monoisotopic (exact) mass is 369 g/mol. The average Bonchev–Trinajstić information content (AvgIpc) is 3.15. The van der Waals surface area contributed by atoms with Crippen LogP contribution in [0.15, 0.2) is 36.4 Å². The van der Waals surface area contributed by atoms with Gasteiger partial charge in [0.25, 0.3) is 5.69 Å². The van der Waals surface area contributed by atoms with E-state index < -0.39 is 10.3 Å². The van der Waals surface area contributed by atoms with Gasteiger partial charge in [0.2, 0.25) is 11.8 Å². The number of pyridine rings is 1. The first kappa shape index (κ1) is 18.8. The first-order chi connectivity index (χ1) is 13.0. The Labute approximate surface area is 157 Å². The van der Waals surface area contributed by atoms with Gasteiger partial charge in [-0.3, -0.25) is 14.9 Å². The predicted octanol–water partition coefficient (Wildman–Crippen LogP) is 4.15. The van der Waals surface area contributed by atoms with E-state index in [4.69, 9.17) is 4.74 Å². The number of nitrogens with one attached hydrogen (secondary N) is 1. The number of non-ortho nitro benzene ring substituents is 1. The number of anilines is 1. The van der Waals surface area contributed by atoms with E-state index in [1.54, 1.807) is 24.3 Å². The van der Waals surface area contributed by atoms with Crippen LogP contribution in [0.1, 0.15) is 43.9 Å². The fourth-order valence-corrected chi connectivity index (χ4v) is 3.67. The molecule has 1 saturated carbocycles. The Kier molecular flexibility index (Phi) is 5.39. The van der Waals surface area contributed by atoms with Crippen molar-refractivity contribution in [2.24, 2.45) is 0 Å². The van der Waals surface area contributed by atoms with Gasteiger partial charge in [0.15, 0.2) is 0 Å². The van der Waals surface area contributed by atoms with Crippen LogP contribution >= 0.6 is 0 Å². The number of hydrogen-bond donors (Lipinski definition) is 1. The minimum atomic E-state index is -0.667. The van der Waals surface area contributed by atoms with Gasteiger partial charge in [-0.05, 0) is 38.3 Å². The number of nitro groups is 1. The number of rotatable bonds is 6. The molecule has 1 aromatic heterocycles. The third kappa shape index (κ3) is 3.77. The third-order valence-corrected chi connectivity index (χ3v) is 5.12. The second kappa shape index (κ2) is 7.73. The molecule has 1 N–H and O–H groups in total. The second-order valence-electron chi connectivity index (χ2n) is 6.76. The SMILES string of the molecule is CCOc1ccc(NC(=O)C2(c3ccc([N+](=O)[O-])cc3)CCCC2)c(C)n1. The molecule has 1 fully saturated rings. The van der Waals surface area contributed by atoms with Crippen molar-refractivity contribution in [3.63, 3.8) is 0 Å². The van der Waals surface area contributed by atoms with Gasteiger partial charge in [-0.25, -0.2) is 4.98 Å². The molecule has 0 unspecified atom stereocenters. The second-order valence-corrected chi connectivity index (χ2v) is 6.76. The molecule has 1 aliphatic carbocycles. The van der Waals surface area contributed by atoms with Crippen LogP contribution in [0.5, 0.6) is 5.88 Å². The minimum absolute atomic E-state index is 0.0267. The summed E-state index contributed by atoms with van der Waals surface area (Å²) in [7, 11) is 0. The van der Waals surface area contributed by atoms with Crippen LogP contribution in [-0.2, 0) is 10.2 Å². The van der Waals surface area contributed by atoms with Gasteiger partial charge >= 0.3 is 0 Å². The van der Waals surface area contributed by atoms with Gasteiger partial charge in [-0.15, -0.1) is 0 Å². The molecule has 1 amide bonds. The zero-order valence-electron chi connectivity index (χ0n) is 15.5. The Balaban J connectivity index is 1.86. The highest BCUT2D eigenvalue weighted by atomic mass is 16.6. The van der Waals surface area contributed by atoms with Crippen molar-refractivity contribution in [1.82, 2.24) is 4.98 Å². The maximum atomic E-state index is 13.2. The first-order valence-corrected chi connectivity index (χ1v) is 9.13. The Morgan fingerprint density at radius 3 is 2.44 bits per heavy atom. The highest BCUT2D eigenvalue weighted by Gasteiger charge is 2.43. The van der Waals surface area contributed by atoms with Crippen LogP contribution in [-0.4, -0.2) is 22.4 Å². The summed E-state index contributed by atoms with van der Waals surface area (Å²) in [5.74, 6) is 0.432. The molecule has 0 saturated heterocycles. The number of nitro benzene ring substituents is 1. The molecule has 3 rings (SSSR count). The highest BCUT2D eigenvalue weighted by molar-refractivity contribution is 5.99. The average molecular weight is 369 g/mol. The lowest BCUT2D eigenvalue weighted by atomic mass is 9.78. The fraction of sp³-hybridized carbons (Fsp3) is 0.400. The van der Waals surface area contributed by atoms with Crippen molar-refractivity contribution in [2.45, 2.75) is 44.9 Å². The number of amides is 1. The molecular weight excluding hydrogens is 346 g/mol. The van der Waals surface area contributed by atoms with E-state index in [0.717, 1.165) is 31.2 Å². The van der Waals surface area contributed by atoms with Gasteiger partial charge in [0, 0.05) is 18.2 Å². The molecule has 7 heteroatoms. The number of benzene rings is 1. The summed E-state index contributed by atoms with van der Waals surface area (Å²) in [6, 6.07) is 9.86. The summed E-state index contributed by atoms with van der Waals surface area (Å²) in [4.78, 5) is 28.1. The highest BCUT2D eigenvalue weighted by Crippen LogP contribution is 2.42. The quantitative estimate of drug-likeness (QED) is 0.610. The van der Waals surface area contributed by atoms with Gasteiger partial charge in [0.05, 0.1) is 28.3 Å². The first-order valence-electron chi connectivity index (χ1n) is 9.13. The summed E-state index contributed by atoms with van der Waals surface area (Å²) >= 11 is 0. The van der Waals surface area contributed by atoms with Gasteiger partial charge in [0.1, 0.15) is 0 Å². The summed E-state index contributed by atoms with van der Waals surface area (Å²) < 4.78 is 5.39. The van der Waals surface area contributed by atoms with Gasteiger partial charge < -0.3 is 10.1 Å². The molecule has 7 nitrogen and oxygen atoms in total. The van der Waals surface area contributed by atoms with Gasteiger partial charge in [-0.1, -0.05) is 25.0 Å². The molecule has 2 aromatic rings. The van der Waals surface area contributed by atoms with Crippen molar-refractivity contribution in [3.8, 4) is 5.88 Å². The maximum absolute atomic E-state index is 13.2. The molecule has 0 atom stereocenters. The Hall–Kier alpha value is -2.96. The van der Waals surface area contributed by atoms with Crippen LogP contribution in [0.3, 0.4) is 0 Å². The van der Waals surface area contributed by atoms with Crippen molar-refractivity contribution in [1.29, 1.82) is 0 Å². The van der Waals surface area contributed by atoms with Crippen LogP contribution in [0, 0.1) is 17.0 Å². The topological polar surface area (TPSA) is 94.4 Å². The number of hydrogen-bond acceptors (Lipinski definition) is 5. The standard InChI is InChI=1S/C20H23N3O4/c1-3-27-18-11-10-17(14(2)21-18)22-19(24)20(12-4-5-13-20)15-6-8-16(9-7-15)23(25)26/h6-11H,3-5,12-13H2,1-2H3,(H,22,24). The van der Waals surface area contributed by atoms with Crippen molar-refractivity contribution in [3.05, 3.63) is 57.8 Å². The number of ether oxygens (including phenoxy) is 1. The largest absolute Gasteiger partial charge is 0.478 e. The number of carbonyl (C=O) groups excluding carboxylic acids is 1. The lowest BCUT2D eigenvalue weighted by Gasteiger charge is -2.28. The Bertz CT molecular complexity index is 843. The normalized spacial score (nSPS) is 15.3. The maximum Gasteiger partial charge on any atom is 0.269 e. The lowest BCUT2D eigenvalue weighted by molar-refractivity contribution is -0.384. The fourth-order valence-electron chi connectivity index (χ4n) is 3.67. The summed E-state index contributed by atoms with van der Waals surface area (Å²) in [6.07, 6.45) is 3.34. The van der Waals surface area contributed by atoms with Crippen molar-refractivity contribution >= 4 is 17.3 Å². The zero-order chi connectivity index (χ0) is 19.4. The molecule has 0 aliphatic heterocycles. The molecule has 1 aromatic carbocycles. The molecule has 0 spiro atoms. The van der Waals surface area contributed by atoms with E-state index in [1.807, 2.05) is 13.8 Å². The van der Waals surface area contributed by atoms with E-state index in [1.165, 1.54) is 12.1 Å². The van der Waals surface area contributed by atoms with E-state index in [-0.39, 0.29) is 11.6 Å². The number of nitrogens with zero attached hydrogens (tertiary/aromatic N) is 2. The van der Waals surface area contributed by atoms with Crippen LogP contribution in [0.2, 0.25) is 0 Å². The Morgan fingerprint density at radius 1 is 1.22 bits per heavy atom. The minimum Gasteiger partial charge on any atom is -0.478 e. The van der Waals surface area contributed by atoms with E-state index >= 15 is 0 Å². The third-order valence-electron chi connectivity index (χ3n) is 5.12. The summed E-state index contributed by atoms with van der Waals surface area (Å²) in [5.41, 5.74) is 1.52. The zero-order valence-corrected chi connectivity index (χ0v) is 15.5. The van der Waals surface area contributed by atoms with Crippen molar-refractivity contribution in [2.75, 3.05) is 11.9 Å². The smallest absolute Gasteiger partial charge is 0.269 e. The molecule has 0 bridgehead atoms. The molecule has 0 radical (unpaired) electrons. The Morgan fingerprint density at radius 2 is 1.89 bits per heavy atom. The molecule has 142 valence electrons. The number of aryl methyl sites for hydroxylation is 1. The molecule has 27 heavy (non-hydrogen) atoms. The van der Waals surface area contributed by atoms with Crippen LogP contribution in [0.25, 0.3) is 0 Å². The molecule has 1 aliphatic rings.